The zero-order valence-corrected chi connectivity index (χ0v) is 12.3. The highest BCUT2D eigenvalue weighted by atomic mass is 15.1. The van der Waals surface area contributed by atoms with Crippen molar-refractivity contribution in [3.8, 4) is 0 Å². The van der Waals surface area contributed by atoms with Gasteiger partial charge in [-0.25, -0.2) is 0 Å². The Morgan fingerprint density at radius 3 is 2.68 bits per heavy atom. The summed E-state index contributed by atoms with van der Waals surface area (Å²) in [6, 6.07) is 6.33. The van der Waals surface area contributed by atoms with Gasteiger partial charge in [0.05, 0.1) is 11.4 Å². The molecule has 0 unspecified atom stereocenters. The van der Waals surface area contributed by atoms with Gasteiger partial charge in [-0.1, -0.05) is 18.2 Å². The van der Waals surface area contributed by atoms with Gasteiger partial charge in [-0.15, -0.1) is 0 Å². The van der Waals surface area contributed by atoms with Crippen LogP contribution in [-0.2, 0) is 13.1 Å². The summed E-state index contributed by atoms with van der Waals surface area (Å²) in [5, 5.41) is 3.48. The molecule has 104 valence electrons. The number of rotatable bonds is 4. The highest BCUT2D eigenvalue weighted by Gasteiger charge is 2.10. The lowest BCUT2D eigenvalue weighted by Crippen LogP contribution is -2.35. The zero-order valence-electron chi connectivity index (χ0n) is 12.3. The lowest BCUT2D eigenvalue weighted by Gasteiger charge is -2.23. The lowest BCUT2D eigenvalue weighted by molar-refractivity contribution is 0.287. The normalized spacial score (nSPS) is 16.8. The average Bonchev–Trinajstić information content (AvgIpc) is 2.37. The molecular formula is C16H25N3. The van der Waals surface area contributed by atoms with Crippen molar-refractivity contribution in [1.29, 1.82) is 0 Å². The van der Waals surface area contributed by atoms with Crippen LogP contribution in [0.2, 0.25) is 0 Å². The molecule has 0 atom stereocenters. The quantitative estimate of drug-likeness (QED) is 0.843. The van der Waals surface area contributed by atoms with Crippen LogP contribution in [0.25, 0.3) is 0 Å². The van der Waals surface area contributed by atoms with E-state index in [0.717, 1.165) is 38.3 Å². The van der Waals surface area contributed by atoms with E-state index in [0.29, 0.717) is 0 Å². The van der Waals surface area contributed by atoms with E-state index in [1.165, 1.54) is 5.69 Å². The second kappa shape index (κ2) is 6.31. The standard InChI is InChI=1S/C16H25N3/c1-16(2,3)17-12-14-8-7-9-15(18-14)13-19-10-5-4-6-11-19/h4-5,7-9,17H,6,10-13H2,1-3H3. The van der Waals surface area contributed by atoms with E-state index in [-0.39, 0.29) is 5.54 Å². The van der Waals surface area contributed by atoms with E-state index < -0.39 is 0 Å². The van der Waals surface area contributed by atoms with Crippen LogP contribution in [0.5, 0.6) is 0 Å². The van der Waals surface area contributed by atoms with Gasteiger partial charge in [-0.05, 0) is 39.3 Å². The Hall–Kier alpha value is -1.19. The Balaban J connectivity index is 1.93. The van der Waals surface area contributed by atoms with Crippen molar-refractivity contribution in [3.63, 3.8) is 0 Å². The van der Waals surface area contributed by atoms with Crippen molar-refractivity contribution in [1.82, 2.24) is 15.2 Å². The topological polar surface area (TPSA) is 28.2 Å². The van der Waals surface area contributed by atoms with Crippen LogP contribution in [0.4, 0.5) is 0 Å². The third-order valence-electron chi connectivity index (χ3n) is 3.19. The molecule has 1 aromatic heterocycles. The van der Waals surface area contributed by atoms with E-state index in [9.17, 15) is 0 Å². The summed E-state index contributed by atoms with van der Waals surface area (Å²) in [6.45, 7) is 10.5. The maximum atomic E-state index is 4.74. The van der Waals surface area contributed by atoms with Gasteiger partial charge in [0.2, 0.25) is 0 Å². The Morgan fingerprint density at radius 2 is 2.00 bits per heavy atom. The number of pyridine rings is 1. The highest BCUT2D eigenvalue weighted by molar-refractivity contribution is 5.12. The predicted octanol–water partition coefficient (Wildman–Crippen LogP) is 2.73. The summed E-state index contributed by atoms with van der Waals surface area (Å²) < 4.78 is 0. The molecule has 0 bridgehead atoms. The van der Waals surface area contributed by atoms with Crippen molar-refractivity contribution >= 4 is 0 Å². The molecule has 2 heterocycles. The second-order valence-electron chi connectivity index (χ2n) is 6.22. The van der Waals surface area contributed by atoms with E-state index in [4.69, 9.17) is 4.98 Å². The Kier molecular flexibility index (Phi) is 4.72. The third kappa shape index (κ3) is 5.13. The smallest absolute Gasteiger partial charge is 0.0547 e. The molecule has 0 saturated carbocycles. The maximum Gasteiger partial charge on any atom is 0.0547 e. The molecule has 0 saturated heterocycles. The first kappa shape index (κ1) is 14.2. The molecule has 0 spiro atoms. The lowest BCUT2D eigenvalue weighted by atomic mass is 10.1. The number of hydrogen-bond acceptors (Lipinski definition) is 3. The van der Waals surface area contributed by atoms with Gasteiger partial charge < -0.3 is 5.32 Å². The van der Waals surface area contributed by atoms with Gasteiger partial charge in [0.1, 0.15) is 0 Å². The summed E-state index contributed by atoms with van der Waals surface area (Å²) in [7, 11) is 0. The van der Waals surface area contributed by atoms with E-state index in [1.807, 2.05) is 0 Å². The highest BCUT2D eigenvalue weighted by Crippen LogP contribution is 2.08. The molecule has 0 aromatic carbocycles. The molecule has 3 heteroatoms. The Morgan fingerprint density at radius 1 is 1.21 bits per heavy atom. The van der Waals surface area contributed by atoms with Crippen LogP contribution < -0.4 is 5.32 Å². The predicted molar refractivity (Wildman–Crippen MR) is 79.9 cm³/mol. The third-order valence-corrected chi connectivity index (χ3v) is 3.19. The minimum absolute atomic E-state index is 0.134. The summed E-state index contributed by atoms with van der Waals surface area (Å²) in [5.41, 5.74) is 2.43. The molecule has 0 radical (unpaired) electrons. The first-order valence-corrected chi connectivity index (χ1v) is 7.10. The molecule has 1 aliphatic rings. The summed E-state index contributed by atoms with van der Waals surface area (Å²) >= 11 is 0. The summed E-state index contributed by atoms with van der Waals surface area (Å²) in [6.07, 6.45) is 5.66. The molecule has 0 fully saturated rings. The molecule has 3 nitrogen and oxygen atoms in total. The molecule has 2 rings (SSSR count). The summed E-state index contributed by atoms with van der Waals surface area (Å²) in [4.78, 5) is 7.18. The molecule has 1 aromatic rings. The monoisotopic (exact) mass is 259 g/mol. The first-order valence-electron chi connectivity index (χ1n) is 7.10. The van der Waals surface area contributed by atoms with E-state index >= 15 is 0 Å². The largest absolute Gasteiger partial charge is 0.306 e. The Bertz CT molecular complexity index is 432. The molecule has 19 heavy (non-hydrogen) atoms. The van der Waals surface area contributed by atoms with Crippen LogP contribution in [0, 0.1) is 0 Å². The maximum absolute atomic E-state index is 4.74. The molecule has 1 aliphatic heterocycles. The average molecular weight is 259 g/mol. The van der Waals surface area contributed by atoms with Crippen molar-refractivity contribution in [2.45, 2.75) is 45.8 Å². The number of nitrogens with one attached hydrogen (secondary N) is 1. The van der Waals surface area contributed by atoms with Gasteiger partial charge in [0, 0.05) is 31.7 Å². The van der Waals surface area contributed by atoms with Crippen molar-refractivity contribution in [2.75, 3.05) is 13.1 Å². The van der Waals surface area contributed by atoms with Gasteiger partial charge in [0.25, 0.3) is 0 Å². The fourth-order valence-electron chi connectivity index (χ4n) is 2.13. The first-order chi connectivity index (χ1) is 9.03. The fraction of sp³-hybridized carbons (Fsp3) is 0.562. The van der Waals surface area contributed by atoms with E-state index in [2.05, 4.69) is 61.3 Å². The number of nitrogens with zero attached hydrogens (tertiary/aromatic N) is 2. The number of aromatic nitrogens is 1. The van der Waals surface area contributed by atoms with Crippen molar-refractivity contribution < 1.29 is 0 Å². The summed E-state index contributed by atoms with van der Waals surface area (Å²) in [5.74, 6) is 0. The van der Waals surface area contributed by atoms with E-state index in [1.54, 1.807) is 0 Å². The van der Waals surface area contributed by atoms with Crippen LogP contribution >= 0.6 is 0 Å². The van der Waals surface area contributed by atoms with Gasteiger partial charge in [-0.3, -0.25) is 9.88 Å². The van der Waals surface area contributed by atoms with Crippen molar-refractivity contribution in [2.24, 2.45) is 0 Å². The number of hydrogen-bond donors (Lipinski definition) is 1. The molecule has 0 amide bonds. The van der Waals surface area contributed by atoms with Gasteiger partial charge in [0.15, 0.2) is 0 Å². The van der Waals surface area contributed by atoms with Crippen molar-refractivity contribution in [3.05, 3.63) is 41.7 Å². The fourth-order valence-corrected chi connectivity index (χ4v) is 2.13. The molecule has 1 N–H and O–H groups in total. The zero-order chi connectivity index (χ0) is 13.7. The Labute approximate surface area is 116 Å². The van der Waals surface area contributed by atoms with Gasteiger partial charge >= 0.3 is 0 Å². The van der Waals surface area contributed by atoms with Crippen LogP contribution in [-0.4, -0.2) is 28.5 Å². The SMILES string of the molecule is CC(C)(C)NCc1cccc(CN2CC=CCC2)n1. The van der Waals surface area contributed by atoms with Gasteiger partial charge in [-0.2, -0.15) is 0 Å². The van der Waals surface area contributed by atoms with Crippen LogP contribution in [0.3, 0.4) is 0 Å². The van der Waals surface area contributed by atoms with Crippen LogP contribution in [0.1, 0.15) is 38.6 Å². The minimum Gasteiger partial charge on any atom is -0.306 e. The molecule has 0 aliphatic carbocycles. The second-order valence-corrected chi connectivity index (χ2v) is 6.22. The minimum atomic E-state index is 0.134. The van der Waals surface area contributed by atoms with Crippen LogP contribution in [0.15, 0.2) is 30.4 Å². The molecular weight excluding hydrogens is 234 g/mol.